The molecule has 1 aromatic rings. The van der Waals surface area contributed by atoms with E-state index in [9.17, 15) is 18.0 Å². The average Bonchev–Trinajstić information content (AvgIpc) is 2.49. The summed E-state index contributed by atoms with van der Waals surface area (Å²) in [5.74, 6) is -0.0248. The van der Waals surface area contributed by atoms with Crippen LogP contribution in [0, 0.1) is 5.92 Å². The highest BCUT2D eigenvalue weighted by atomic mass is 19.4. The van der Waals surface area contributed by atoms with Crippen molar-refractivity contribution in [2.45, 2.75) is 19.5 Å². The Morgan fingerprint density at radius 1 is 1.26 bits per heavy atom. The van der Waals surface area contributed by atoms with Gasteiger partial charge in [-0.2, -0.15) is 13.2 Å². The van der Waals surface area contributed by atoms with Gasteiger partial charge >= 0.3 is 6.18 Å². The van der Waals surface area contributed by atoms with Crippen molar-refractivity contribution in [2.75, 3.05) is 13.2 Å². The fourth-order valence-corrected chi connectivity index (χ4v) is 1.71. The van der Waals surface area contributed by atoms with Crippen molar-refractivity contribution in [1.82, 2.24) is 0 Å². The van der Waals surface area contributed by atoms with E-state index in [2.05, 4.69) is 0 Å². The molecule has 0 radical (unpaired) electrons. The largest absolute Gasteiger partial charge is 0.489 e. The minimum Gasteiger partial charge on any atom is -0.489 e. The molecule has 6 heteroatoms. The Morgan fingerprint density at radius 3 is 2.53 bits per heavy atom. The summed E-state index contributed by atoms with van der Waals surface area (Å²) in [6, 6.07) is 4.10. The maximum atomic E-state index is 12.2. The summed E-state index contributed by atoms with van der Waals surface area (Å²) in [4.78, 5) is 11.5. The molecule has 0 N–H and O–H groups in total. The number of halogens is 3. The van der Waals surface area contributed by atoms with Crippen molar-refractivity contribution in [3.63, 3.8) is 0 Å². The highest BCUT2D eigenvalue weighted by molar-refractivity contribution is 5.97. The first-order chi connectivity index (χ1) is 8.85. The van der Waals surface area contributed by atoms with Crippen molar-refractivity contribution in [1.29, 1.82) is 0 Å². The summed E-state index contributed by atoms with van der Waals surface area (Å²) >= 11 is 0. The van der Waals surface area contributed by atoms with Crippen LogP contribution in [0.15, 0.2) is 18.2 Å². The van der Waals surface area contributed by atoms with Gasteiger partial charge in [-0.15, -0.1) is 0 Å². The van der Waals surface area contributed by atoms with Gasteiger partial charge in [0.2, 0.25) is 0 Å². The second kappa shape index (κ2) is 5.11. The lowest BCUT2D eigenvalue weighted by Gasteiger charge is -2.09. The molecule has 19 heavy (non-hydrogen) atoms. The van der Waals surface area contributed by atoms with Crippen LogP contribution in [-0.2, 0) is 0 Å². The second-order valence-electron chi connectivity index (χ2n) is 4.60. The van der Waals surface area contributed by atoms with Gasteiger partial charge in [-0.3, -0.25) is 4.79 Å². The van der Waals surface area contributed by atoms with Crippen LogP contribution in [0.3, 0.4) is 0 Å². The molecule has 0 amide bonds. The molecule has 0 bridgehead atoms. The van der Waals surface area contributed by atoms with Gasteiger partial charge in [0.15, 0.2) is 17.3 Å². The van der Waals surface area contributed by atoms with E-state index in [4.69, 9.17) is 9.47 Å². The zero-order valence-electron chi connectivity index (χ0n) is 10.3. The van der Waals surface area contributed by atoms with Crippen LogP contribution < -0.4 is 9.47 Å². The lowest BCUT2D eigenvalue weighted by Crippen LogP contribution is -2.15. The zero-order valence-corrected chi connectivity index (χ0v) is 10.3. The highest BCUT2D eigenvalue weighted by Gasteiger charge is 2.32. The molecule has 0 aliphatic carbocycles. The van der Waals surface area contributed by atoms with Crippen LogP contribution in [0.1, 0.15) is 23.7 Å². The minimum atomic E-state index is -4.50. The molecular formula is C13H13F3O3. The summed E-state index contributed by atoms with van der Waals surface area (Å²) in [5.41, 5.74) is -0.0192. The van der Waals surface area contributed by atoms with Crippen LogP contribution in [0.4, 0.5) is 13.2 Å². The molecule has 1 aliphatic rings. The third-order valence-electron chi connectivity index (χ3n) is 2.67. The number of alkyl halides is 3. The first kappa shape index (κ1) is 13.7. The lowest BCUT2D eigenvalue weighted by atomic mass is 10.1. The van der Waals surface area contributed by atoms with Gasteiger partial charge in [0, 0.05) is 11.5 Å². The van der Waals surface area contributed by atoms with Crippen LogP contribution in [0.25, 0.3) is 0 Å². The smallest absolute Gasteiger partial charge is 0.396 e. The Hall–Kier alpha value is -1.72. The molecular weight excluding hydrogens is 261 g/mol. The van der Waals surface area contributed by atoms with Crippen molar-refractivity contribution in [2.24, 2.45) is 5.92 Å². The molecule has 0 saturated heterocycles. The Balaban J connectivity index is 2.19. The van der Waals surface area contributed by atoms with Gasteiger partial charge in [0.1, 0.15) is 6.42 Å². The number of fused-ring (bicyclic) bond motifs is 1. The van der Waals surface area contributed by atoms with Crippen LogP contribution >= 0.6 is 0 Å². The number of ether oxygens (including phenoxy) is 2. The van der Waals surface area contributed by atoms with Crippen molar-refractivity contribution in [3.8, 4) is 11.5 Å². The summed E-state index contributed by atoms with van der Waals surface area (Å²) < 4.78 is 47.4. The van der Waals surface area contributed by atoms with E-state index in [1.54, 1.807) is 0 Å². The van der Waals surface area contributed by atoms with E-state index in [1.807, 2.05) is 6.92 Å². The quantitative estimate of drug-likeness (QED) is 0.777. The molecule has 0 spiro atoms. The summed E-state index contributed by atoms with van der Waals surface area (Å²) in [6.45, 7) is 2.81. The molecule has 0 aromatic heterocycles. The summed E-state index contributed by atoms with van der Waals surface area (Å²) in [6.07, 6.45) is -5.97. The van der Waals surface area contributed by atoms with Gasteiger partial charge in [0.25, 0.3) is 0 Å². The Kier molecular flexibility index (Phi) is 3.68. The summed E-state index contributed by atoms with van der Waals surface area (Å²) in [7, 11) is 0. The number of hydrogen-bond acceptors (Lipinski definition) is 3. The number of carbonyl (C=O) groups is 1. The number of benzene rings is 1. The first-order valence-corrected chi connectivity index (χ1v) is 5.85. The number of hydrogen-bond donors (Lipinski definition) is 0. The van der Waals surface area contributed by atoms with Crippen molar-refractivity contribution < 1.29 is 27.4 Å². The first-order valence-electron chi connectivity index (χ1n) is 5.85. The molecule has 0 saturated carbocycles. The Labute approximate surface area is 108 Å². The van der Waals surface area contributed by atoms with E-state index in [-0.39, 0.29) is 11.5 Å². The van der Waals surface area contributed by atoms with E-state index >= 15 is 0 Å². The average molecular weight is 274 g/mol. The van der Waals surface area contributed by atoms with E-state index in [0.717, 1.165) is 0 Å². The highest BCUT2D eigenvalue weighted by Crippen LogP contribution is 2.32. The maximum absolute atomic E-state index is 12.2. The van der Waals surface area contributed by atoms with E-state index < -0.39 is 18.4 Å². The fourth-order valence-electron chi connectivity index (χ4n) is 1.71. The van der Waals surface area contributed by atoms with Crippen LogP contribution in [-0.4, -0.2) is 25.2 Å². The number of ketones is 1. The molecule has 0 fully saturated rings. The van der Waals surface area contributed by atoms with Crippen molar-refractivity contribution >= 4 is 5.78 Å². The monoisotopic (exact) mass is 274 g/mol. The molecule has 1 aliphatic heterocycles. The minimum absolute atomic E-state index is 0.0192. The van der Waals surface area contributed by atoms with Crippen LogP contribution in [0.2, 0.25) is 0 Å². The Bertz CT molecular complexity index is 483. The van der Waals surface area contributed by atoms with Gasteiger partial charge in [-0.25, -0.2) is 0 Å². The predicted molar refractivity (Wildman–Crippen MR) is 61.6 cm³/mol. The molecule has 104 valence electrons. The van der Waals surface area contributed by atoms with Gasteiger partial charge < -0.3 is 9.47 Å². The molecule has 1 atom stereocenters. The van der Waals surface area contributed by atoms with E-state index in [1.165, 1.54) is 18.2 Å². The number of rotatable bonds is 2. The third kappa shape index (κ3) is 3.62. The number of carbonyl (C=O) groups excluding carboxylic acids is 1. The fraction of sp³-hybridized carbons (Fsp3) is 0.462. The standard InChI is InChI=1S/C13H13F3O3/c1-8-6-18-11-3-2-9(4-12(11)19-7-8)10(17)5-13(14,15)16/h2-4,8H,5-7H2,1H3. The topological polar surface area (TPSA) is 35.5 Å². The third-order valence-corrected chi connectivity index (χ3v) is 2.67. The summed E-state index contributed by atoms with van der Waals surface area (Å²) in [5, 5.41) is 0. The predicted octanol–water partition coefficient (Wildman–Crippen LogP) is 3.23. The SMILES string of the molecule is CC1COc2ccc(C(=O)CC(F)(F)F)cc2OC1. The second-order valence-corrected chi connectivity index (χ2v) is 4.60. The normalized spacial score (nSPS) is 18.8. The number of Topliss-reactive ketones (excluding diaryl/α,β-unsaturated/α-hetero) is 1. The zero-order chi connectivity index (χ0) is 14.0. The molecule has 1 heterocycles. The van der Waals surface area contributed by atoms with Gasteiger partial charge in [-0.1, -0.05) is 6.92 Å². The maximum Gasteiger partial charge on any atom is 0.396 e. The molecule has 1 unspecified atom stereocenters. The van der Waals surface area contributed by atoms with Gasteiger partial charge in [0.05, 0.1) is 13.2 Å². The van der Waals surface area contributed by atoms with Crippen molar-refractivity contribution in [3.05, 3.63) is 23.8 Å². The van der Waals surface area contributed by atoms with Gasteiger partial charge in [-0.05, 0) is 18.2 Å². The molecule has 1 aromatic carbocycles. The molecule has 3 nitrogen and oxygen atoms in total. The lowest BCUT2D eigenvalue weighted by molar-refractivity contribution is -0.125. The van der Waals surface area contributed by atoms with E-state index in [0.29, 0.717) is 24.7 Å². The molecule has 2 rings (SSSR count). The van der Waals surface area contributed by atoms with Crippen LogP contribution in [0.5, 0.6) is 11.5 Å². The Morgan fingerprint density at radius 2 is 1.89 bits per heavy atom.